The zero-order valence-electron chi connectivity index (χ0n) is 11.4. The van der Waals surface area contributed by atoms with Gasteiger partial charge in [0, 0.05) is 5.92 Å². The summed E-state index contributed by atoms with van der Waals surface area (Å²) in [5.74, 6) is 1.37. The Morgan fingerprint density at radius 2 is 1.85 bits per heavy atom. The Balaban J connectivity index is 1.52. The van der Waals surface area contributed by atoms with E-state index in [9.17, 15) is 9.90 Å². The second kappa shape index (κ2) is 5.75. The van der Waals surface area contributed by atoms with Crippen LogP contribution in [0.25, 0.3) is 0 Å². The molecule has 0 aromatic carbocycles. The summed E-state index contributed by atoms with van der Waals surface area (Å²) in [7, 11) is 0. The summed E-state index contributed by atoms with van der Waals surface area (Å²) < 4.78 is 0. The van der Waals surface area contributed by atoms with Crippen molar-refractivity contribution in [3.05, 3.63) is 18.2 Å². The largest absolute Gasteiger partial charge is 0.391 e. The van der Waals surface area contributed by atoms with Crippen LogP contribution < -0.4 is 10.6 Å². The molecule has 2 fully saturated rings. The maximum atomic E-state index is 11.9. The van der Waals surface area contributed by atoms with E-state index in [4.69, 9.17) is 0 Å². The average molecular weight is 276 g/mol. The van der Waals surface area contributed by atoms with Gasteiger partial charge in [0.25, 0.3) is 0 Å². The van der Waals surface area contributed by atoms with E-state index < -0.39 is 6.10 Å². The predicted octanol–water partition coefficient (Wildman–Crippen LogP) is 1.78. The van der Waals surface area contributed by atoms with Crippen LogP contribution in [-0.4, -0.2) is 33.3 Å². The number of aliphatic hydroxyl groups is 1. The molecule has 0 aliphatic heterocycles. The van der Waals surface area contributed by atoms with Crippen LogP contribution in [-0.2, 0) is 0 Å². The molecule has 108 valence electrons. The molecule has 20 heavy (non-hydrogen) atoms. The number of hydrogen-bond donors (Lipinski definition) is 3. The highest BCUT2D eigenvalue weighted by Crippen LogP contribution is 2.37. The molecule has 0 saturated heterocycles. The Morgan fingerprint density at radius 3 is 2.50 bits per heavy atom. The van der Waals surface area contributed by atoms with Gasteiger partial charge in [-0.05, 0) is 25.7 Å². The highest BCUT2D eigenvalue weighted by atomic mass is 16.3. The summed E-state index contributed by atoms with van der Waals surface area (Å²) in [6, 6.07) is -0.464. The van der Waals surface area contributed by atoms with Crippen molar-refractivity contribution in [1.82, 2.24) is 15.3 Å². The van der Waals surface area contributed by atoms with Gasteiger partial charge in [0.2, 0.25) is 0 Å². The standard InChI is InChI=1S/C14H20N4O2/c19-12-4-2-1-3-11(12)18-14(20)17-10-7-15-13(16-8-10)9-5-6-9/h7-9,11-12,19H,1-6H2,(H2,17,18,20). The minimum Gasteiger partial charge on any atom is -0.391 e. The molecular weight excluding hydrogens is 256 g/mol. The van der Waals surface area contributed by atoms with Crippen LogP contribution in [0.5, 0.6) is 0 Å². The molecule has 2 unspecified atom stereocenters. The molecule has 2 saturated carbocycles. The second-order valence-electron chi connectivity index (χ2n) is 5.66. The van der Waals surface area contributed by atoms with Gasteiger partial charge < -0.3 is 15.7 Å². The molecule has 3 N–H and O–H groups in total. The fourth-order valence-corrected chi connectivity index (χ4v) is 2.57. The number of anilines is 1. The van der Waals surface area contributed by atoms with Crippen molar-refractivity contribution >= 4 is 11.7 Å². The summed E-state index contributed by atoms with van der Waals surface area (Å²) in [4.78, 5) is 20.4. The highest BCUT2D eigenvalue weighted by molar-refractivity contribution is 5.89. The number of rotatable bonds is 3. The van der Waals surface area contributed by atoms with Gasteiger partial charge in [-0.1, -0.05) is 12.8 Å². The minimum absolute atomic E-state index is 0.157. The number of aliphatic hydroxyl groups excluding tert-OH is 1. The van der Waals surface area contributed by atoms with Gasteiger partial charge in [-0.25, -0.2) is 14.8 Å². The molecule has 1 heterocycles. The van der Waals surface area contributed by atoms with E-state index in [0.717, 1.165) is 44.3 Å². The second-order valence-corrected chi connectivity index (χ2v) is 5.66. The maximum absolute atomic E-state index is 11.9. The minimum atomic E-state index is -0.442. The van der Waals surface area contributed by atoms with Gasteiger partial charge in [-0.2, -0.15) is 0 Å². The molecule has 3 rings (SSSR count). The van der Waals surface area contributed by atoms with Gasteiger partial charge in [0.15, 0.2) is 0 Å². The van der Waals surface area contributed by atoms with E-state index in [2.05, 4.69) is 20.6 Å². The molecule has 1 aromatic heterocycles. The molecule has 6 heteroatoms. The van der Waals surface area contributed by atoms with Crippen molar-refractivity contribution in [3.8, 4) is 0 Å². The van der Waals surface area contributed by atoms with Crippen molar-refractivity contribution in [1.29, 1.82) is 0 Å². The van der Waals surface area contributed by atoms with Crippen LogP contribution in [0.3, 0.4) is 0 Å². The zero-order valence-corrected chi connectivity index (χ0v) is 11.4. The predicted molar refractivity (Wildman–Crippen MR) is 74.4 cm³/mol. The normalized spacial score (nSPS) is 26.1. The number of carbonyl (C=O) groups excluding carboxylic acids is 1. The van der Waals surface area contributed by atoms with Crippen LogP contribution >= 0.6 is 0 Å². The number of hydrogen-bond acceptors (Lipinski definition) is 4. The zero-order chi connectivity index (χ0) is 13.9. The lowest BCUT2D eigenvalue weighted by Crippen LogP contribution is -2.46. The van der Waals surface area contributed by atoms with Crippen LogP contribution in [0.2, 0.25) is 0 Å². The molecule has 2 aliphatic carbocycles. The molecule has 0 spiro atoms. The van der Waals surface area contributed by atoms with E-state index in [0.29, 0.717) is 11.6 Å². The van der Waals surface area contributed by atoms with Crippen molar-refractivity contribution in [3.63, 3.8) is 0 Å². The van der Waals surface area contributed by atoms with Crippen molar-refractivity contribution in [2.75, 3.05) is 5.32 Å². The first-order chi connectivity index (χ1) is 9.72. The lowest BCUT2D eigenvalue weighted by atomic mass is 9.93. The molecule has 0 radical (unpaired) electrons. The van der Waals surface area contributed by atoms with Crippen LogP contribution in [0.1, 0.15) is 50.3 Å². The first kappa shape index (κ1) is 13.3. The molecule has 0 bridgehead atoms. The number of amides is 2. The Kier molecular flexibility index (Phi) is 3.82. The van der Waals surface area contributed by atoms with Gasteiger partial charge in [0.05, 0.1) is 30.2 Å². The van der Waals surface area contributed by atoms with Gasteiger partial charge in [-0.15, -0.1) is 0 Å². The third-order valence-electron chi connectivity index (χ3n) is 3.92. The molecule has 2 amide bonds. The van der Waals surface area contributed by atoms with E-state index in [1.807, 2.05) is 0 Å². The lowest BCUT2D eigenvalue weighted by molar-refractivity contribution is 0.0955. The Hall–Kier alpha value is -1.69. The maximum Gasteiger partial charge on any atom is 0.319 e. The van der Waals surface area contributed by atoms with Gasteiger partial charge >= 0.3 is 6.03 Å². The van der Waals surface area contributed by atoms with Crippen LogP contribution in [0.15, 0.2) is 12.4 Å². The third kappa shape index (κ3) is 3.25. The Bertz CT molecular complexity index is 473. The van der Waals surface area contributed by atoms with E-state index >= 15 is 0 Å². The van der Waals surface area contributed by atoms with Crippen LogP contribution in [0, 0.1) is 0 Å². The van der Waals surface area contributed by atoms with Gasteiger partial charge in [0.1, 0.15) is 5.82 Å². The van der Waals surface area contributed by atoms with E-state index in [1.165, 1.54) is 0 Å². The lowest BCUT2D eigenvalue weighted by Gasteiger charge is -2.28. The summed E-state index contributed by atoms with van der Waals surface area (Å²) in [6.07, 6.45) is 8.80. The van der Waals surface area contributed by atoms with E-state index in [-0.39, 0.29) is 12.1 Å². The SMILES string of the molecule is O=C(Nc1cnc(C2CC2)nc1)NC1CCCCC1O. The molecular formula is C14H20N4O2. The van der Waals surface area contributed by atoms with Crippen molar-refractivity contribution in [2.24, 2.45) is 0 Å². The third-order valence-corrected chi connectivity index (χ3v) is 3.92. The fraction of sp³-hybridized carbons (Fsp3) is 0.643. The average Bonchev–Trinajstić information content (AvgIpc) is 3.27. The molecule has 1 aromatic rings. The number of urea groups is 1. The summed E-state index contributed by atoms with van der Waals surface area (Å²) >= 11 is 0. The number of nitrogens with one attached hydrogen (secondary N) is 2. The quantitative estimate of drug-likeness (QED) is 0.785. The van der Waals surface area contributed by atoms with Gasteiger partial charge in [-0.3, -0.25) is 0 Å². The Morgan fingerprint density at radius 1 is 1.15 bits per heavy atom. The molecule has 2 aliphatic rings. The number of carbonyl (C=O) groups is 1. The Labute approximate surface area is 118 Å². The topological polar surface area (TPSA) is 87.1 Å². The summed E-state index contributed by atoms with van der Waals surface area (Å²) in [5, 5.41) is 15.3. The molecule has 2 atom stereocenters. The monoisotopic (exact) mass is 276 g/mol. The summed E-state index contributed by atoms with van der Waals surface area (Å²) in [6.45, 7) is 0. The molecule has 6 nitrogen and oxygen atoms in total. The highest BCUT2D eigenvalue weighted by Gasteiger charge is 2.26. The fourth-order valence-electron chi connectivity index (χ4n) is 2.57. The smallest absolute Gasteiger partial charge is 0.319 e. The van der Waals surface area contributed by atoms with Crippen molar-refractivity contribution in [2.45, 2.75) is 56.6 Å². The number of aromatic nitrogens is 2. The first-order valence-corrected chi connectivity index (χ1v) is 7.30. The number of nitrogens with zero attached hydrogens (tertiary/aromatic N) is 2. The first-order valence-electron chi connectivity index (χ1n) is 7.30. The van der Waals surface area contributed by atoms with E-state index in [1.54, 1.807) is 12.4 Å². The van der Waals surface area contributed by atoms with Crippen LogP contribution in [0.4, 0.5) is 10.5 Å². The summed E-state index contributed by atoms with van der Waals surface area (Å²) in [5.41, 5.74) is 0.581. The van der Waals surface area contributed by atoms with Crippen molar-refractivity contribution < 1.29 is 9.90 Å².